The van der Waals surface area contributed by atoms with E-state index in [1.807, 2.05) is 0 Å². The van der Waals surface area contributed by atoms with E-state index >= 15 is 0 Å². The molecule has 0 saturated carbocycles. The highest BCUT2D eigenvalue weighted by Gasteiger charge is 2.06. The van der Waals surface area contributed by atoms with Crippen LogP contribution in [0.15, 0.2) is 18.2 Å². The van der Waals surface area contributed by atoms with E-state index in [1.165, 1.54) is 0 Å². The highest BCUT2D eigenvalue weighted by molar-refractivity contribution is 6.33. The number of hydrogen-bond donors (Lipinski definition) is 1. The van der Waals surface area contributed by atoms with E-state index in [9.17, 15) is 4.79 Å². The third-order valence-corrected chi connectivity index (χ3v) is 2.18. The van der Waals surface area contributed by atoms with Gasteiger partial charge in [0.15, 0.2) is 6.29 Å². The van der Waals surface area contributed by atoms with E-state index < -0.39 is 0 Å². The fraction of sp³-hybridized carbons (Fsp3) is 0.364. The van der Waals surface area contributed by atoms with Crippen LogP contribution >= 0.6 is 11.6 Å². The van der Waals surface area contributed by atoms with Crippen molar-refractivity contribution in [3.8, 4) is 5.75 Å². The summed E-state index contributed by atoms with van der Waals surface area (Å²) in [5, 5.41) is 8.84. The van der Waals surface area contributed by atoms with E-state index in [4.69, 9.17) is 26.2 Å². The molecule has 0 fully saturated rings. The highest BCUT2D eigenvalue weighted by atomic mass is 35.5. The van der Waals surface area contributed by atoms with Crippen LogP contribution in [0.3, 0.4) is 0 Å². The molecule has 0 aliphatic carbocycles. The van der Waals surface area contributed by atoms with Gasteiger partial charge < -0.3 is 14.6 Å². The monoisotopic (exact) mass is 244 g/mol. The number of aliphatic hydroxyl groups is 1. The smallest absolute Gasteiger partial charge is 0.155 e. The summed E-state index contributed by atoms with van der Waals surface area (Å²) in [5.74, 6) is 0.440. The summed E-state index contributed by atoms with van der Waals surface area (Å²) in [6.07, 6.45) is 0.659. The zero-order chi connectivity index (χ0) is 11.8. The lowest BCUT2D eigenvalue weighted by molar-refractivity contribution is 0.0702. The number of benzene rings is 1. The van der Waals surface area contributed by atoms with Crippen molar-refractivity contribution >= 4 is 17.9 Å². The van der Waals surface area contributed by atoms with Crippen molar-refractivity contribution in [2.24, 2.45) is 0 Å². The van der Waals surface area contributed by atoms with E-state index in [0.717, 1.165) is 0 Å². The predicted octanol–water partition coefficient (Wildman–Crippen LogP) is 1.54. The largest absolute Gasteiger partial charge is 0.490 e. The summed E-state index contributed by atoms with van der Waals surface area (Å²) in [7, 11) is 0. The van der Waals surface area contributed by atoms with Crippen molar-refractivity contribution in [1.29, 1.82) is 0 Å². The van der Waals surface area contributed by atoms with Gasteiger partial charge in [-0.15, -0.1) is 0 Å². The molecule has 1 aromatic rings. The Morgan fingerprint density at radius 2 is 2.12 bits per heavy atom. The lowest BCUT2D eigenvalue weighted by Gasteiger charge is -2.09. The number of hydrogen-bond acceptors (Lipinski definition) is 4. The number of aldehydes is 1. The molecule has 0 atom stereocenters. The number of halogens is 1. The SMILES string of the molecule is O=Cc1c(Cl)cccc1OCCOCCO. The molecule has 1 N–H and O–H groups in total. The van der Waals surface area contributed by atoms with Gasteiger partial charge in [-0.2, -0.15) is 0 Å². The molecule has 0 aromatic heterocycles. The molecule has 0 saturated heterocycles. The molecule has 1 rings (SSSR count). The van der Waals surface area contributed by atoms with E-state index in [2.05, 4.69) is 0 Å². The molecular weight excluding hydrogens is 232 g/mol. The summed E-state index contributed by atoms with van der Waals surface area (Å²) in [6.45, 7) is 0.919. The summed E-state index contributed by atoms with van der Waals surface area (Å²) in [5.41, 5.74) is 0.339. The maximum Gasteiger partial charge on any atom is 0.155 e. The Hall–Kier alpha value is -1.10. The van der Waals surface area contributed by atoms with Crippen molar-refractivity contribution in [3.63, 3.8) is 0 Å². The molecule has 0 spiro atoms. The number of rotatable bonds is 7. The van der Waals surface area contributed by atoms with Crippen molar-refractivity contribution in [1.82, 2.24) is 0 Å². The third-order valence-electron chi connectivity index (χ3n) is 1.85. The molecule has 4 nitrogen and oxygen atoms in total. The Labute approximate surface area is 98.7 Å². The Morgan fingerprint density at radius 3 is 2.81 bits per heavy atom. The predicted molar refractivity (Wildman–Crippen MR) is 60.2 cm³/mol. The molecular formula is C11H13ClO4. The molecule has 0 radical (unpaired) electrons. The molecule has 88 valence electrons. The van der Waals surface area contributed by atoms with Crippen LogP contribution in [-0.2, 0) is 4.74 Å². The van der Waals surface area contributed by atoms with Gasteiger partial charge in [-0.25, -0.2) is 0 Å². The number of carbonyl (C=O) groups excluding carboxylic acids is 1. The number of carbonyl (C=O) groups is 1. The molecule has 0 amide bonds. The van der Waals surface area contributed by atoms with Crippen LogP contribution in [0.25, 0.3) is 0 Å². The molecule has 0 heterocycles. The van der Waals surface area contributed by atoms with Crippen LogP contribution in [-0.4, -0.2) is 37.8 Å². The topological polar surface area (TPSA) is 55.8 Å². The van der Waals surface area contributed by atoms with Gasteiger partial charge in [-0.1, -0.05) is 17.7 Å². The van der Waals surface area contributed by atoms with Crippen LogP contribution in [0.2, 0.25) is 5.02 Å². The zero-order valence-electron chi connectivity index (χ0n) is 8.69. The lowest BCUT2D eigenvalue weighted by Crippen LogP contribution is -2.10. The normalized spacial score (nSPS) is 10.1. The lowest BCUT2D eigenvalue weighted by atomic mass is 10.2. The van der Waals surface area contributed by atoms with Gasteiger partial charge in [-0.3, -0.25) is 4.79 Å². The minimum Gasteiger partial charge on any atom is -0.490 e. The molecule has 0 bridgehead atoms. The average molecular weight is 245 g/mol. The Balaban J connectivity index is 2.47. The van der Waals surface area contributed by atoms with E-state index in [1.54, 1.807) is 18.2 Å². The fourth-order valence-corrected chi connectivity index (χ4v) is 1.35. The number of aliphatic hydroxyl groups excluding tert-OH is 1. The first-order valence-corrected chi connectivity index (χ1v) is 5.22. The van der Waals surface area contributed by atoms with Gasteiger partial charge in [-0.05, 0) is 12.1 Å². The van der Waals surface area contributed by atoms with Crippen molar-refractivity contribution in [2.75, 3.05) is 26.4 Å². The van der Waals surface area contributed by atoms with Gasteiger partial charge >= 0.3 is 0 Å². The quantitative estimate of drug-likeness (QED) is 0.584. The molecule has 16 heavy (non-hydrogen) atoms. The van der Waals surface area contributed by atoms with Crippen LogP contribution < -0.4 is 4.74 Å². The Morgan fingerprint density at radius 1 is 1.31 bits per heavy atom. The Bertz CT molecular complexity index is 341. The van der Waals surface area contributed by atoms with Gasteiger partial charge in [0.1, 0.15) is 12.4 Å². The van der Waals surface area contributed by atoms with Crippen molar-refractivity contribution < 1.29 is 19.4 Å². The first-order chi connectivity index (χ1) is 7.79. The third kappa shape index (κ3) is 3.81. The van der Waals surface area contributed by atoms with Crippen LogP contribution in [0.1, 0.15) is 10.4 Å². The van der Waals surface area contributed by atoms with Crippen LogP contribution in [0, 0.1) is 0 Å². The molecule has 0 aliphatic heterocycles. The first-order valence-electron chi connectivity index (χ1n) is 4.84. The summed E-state index contributed by atoms with van der Waals surface area (Å²) in [6, 6.07) is 5.00. The van der Waals surface area contributed by atoms with E-state index in [-0.39, 0.29) is 13.2 Å². The summed E-state index contributed by atoms with van der Waals surface area (Å²) >= 11 is 5.82. The standard InChI is InChI=1S/C11H13ClO4/c12-10-2-1-3-11(9(10)8-14)16-7-6-15-5-4-13/h1-3,8,13H,4-7H2. The van der Waals surface area contributed by atoms with Gasteiger partial charge in [0.05, 0.1) is 30.4 Å². The van der Waals surface area contributed by atoms with Crippen LogP contribution in [0.4, 0.5) is 0 Å². The minimum atomic E-state index is -0.0171. The van der Waals surface area contributed by atoms with Crippen molar-refractivity contribution in [3.05, 3.63) is 28.8 Å². The molecule has 0 unspecified atom stereocenters. The van der Waals surface area contributed by atoms with Gasteiger partial charge in [0.2, 0.25) is 0 Å². The Kier molecular flexibility index (Phi) is 5.85. The van der Waals surface area contributed by atoms with Gasteiger partial charge in [0.25, 0.3) is 0 Å². The number of ether oxygens (including phenoxy) is 2. The maximum atomic E-state index is 10.8. The zero-order valence-corrected chi connectivity index (χ0v) is 9.44. The van der Waals surface area contributed by atoms with Gasteiger partial charge in [0, 0.05) is 0 Å². The van der Waals surface area contributed by atoms with Crippen molar-refractivity contribution in [2.45, 2.75) is 0 Å². The highest BCUT2D eigenvalue weighted by Crippen LogP contribution is 2.24. The van der Waals surface area contributed by atoms with Crippen LogP contribution in [0.5, 0.6) is 5.75 Å². The minimum absolute atomic E-state index is 0.0171. The second-order valence-corrected chi connectivity index (χ2v) is 3.36. The molecule has 1 aromatic carbocycles. The summed E-state index contributed by atoms with van der Waals surface area (Å²) in [4.78, 5) is 10.8. The molecule has 5 heteroatoms. The fourth-order valence-electron chi connectivity index (χ4n) is 1.13. The first kappa shape index (κ1) is 13.0. The maximum absolute atomic E-state index is 10.8. The molecule has 0 aliphatic rings. The van der Waals surface area contributed by atoms with E-state index in [0.29, 0.717) is 35.8 Å². The summed E-state index contributed by atoms with van der Waals surface area (Å²) < 4.78 is 10.3. The average Bonchev–Trinajstić information content (AvgIpc) is 2.29. The second kappa shape index (κ2) is 7.22. The second-order valence-electron chi connectivity index (χ2n) is 2.95.